The Morgan fingerprint density at radius 2 is 1.71 bits per heavy atom. The maximum absolute atomic E-state index is 13.7. The molecule has 0 fully saturated rings. The molecule has 0 aromatic heterocycles. The van der Waals surface area contributed by atoms with Crippen molar-refractivity contribution in [3.8, 4) is 0 Å². The van der Waals surface area contributed by atoms with Gasteiger partial charge in [0.05, 0.1) is 5.69 Å². The van der Waals surface area contributed by atoms with Crippen molar-refractivity contribution in [1.82, 2.24) is 0 Å². The number of hydrogen-bond acceptors (Lipinski definition) is 1. The first-order valence-corrected chi connectivity index (χ1v) is 7.64. The Kier molecular flexibility index (Phi) is 5.24. The van der Waals surface area contributed by atoms with E-state index in [4.69, 9.17) is 11.6 Å². The quantitative estimate of drug-likeness (QED) is 0.730. The van der Waals surface area contributed by atoms with E-state index in [9.17, 15) is 4.39 Å². The van der Waals surface area contributed by atoms with Crippen molar-refractivity contribution in [1.29, 1.82) is 0 Å². The lowest BCUT2D eigenvalue weighted by Gasteiger charge is -2.17. The molecular weight excluding hydrogens is 285 g/mol. The van der Waals surface area contributed by atoms with Crippen LogP contribution < -0.4 is 5.32 Å². The zero-order valence-electron chi connectivity index (χ0n) is 12.7. The Bertz CT molecular complexity index is 593. The summed E-state index contributed by atoms with van der Waals surface area (Å²) in [7, 11) is 0. The van der Waals surface area contributed by atoms with Crippen molar-refractivity contribution in [2.45, 2.75) is 33.2 Å². The molecular formula is C18H21ClFN. The van der Waals surface area contributed by atoms with Crippen LogP contribution in [0.5, 0.6) is 0 Å². The highest BCUT2D eigenvalue weighted by Gasteiger charge is 2.09. The number of benzene rings is 2. The van der Waals surface area contributed by atoms with E-state index < -0.39 is 0 Å². The normalized spacial score (nSPS) is 12.5. The van der Waals surface area contributed by atoms with Crippen LogP contribution in [0.25, 0.3) is 0 Å². The molecule has 2 rings (SSSR count). The van der Waals surface area contributed by atoms with Gasteiger partial charge in [0.2, 0.25) is 0 Å². The van der Waals surface area contributed by atoms with E-state index in [0.29, 0.717) is 16.6 Å². The third kappa shape index (κ3) is 4.47. The molecule has 0 bridgehead atoms. The molecule has 0 heterocycles. The van der Waals surface area contributed by atoms with Crippen LogP contribution in [-0.2, 0) is 6.42 Å². The van der Waals surface area contributed by atoms with E-state index in [1.807, 2.05) is 6.92 Å². The lowest BCUT2D eigenvalue weighted by molar-refractivity contribution is 0.627. The summed E-state index contributed by atoms with van der Waals surface area (Å²) in [4.78, 5) is 0. The van der Waals surface area contributed by atoms with Crippen LogP contribution in [0.3, 0.4) is 0 Å². The van der Waals surface area contributed by atoms with Crippen molar-refractivity contribution < 1.29 is 4.39 Å². The van der Waals surface area contributed by atoms with Gasteiger partial charge in [0.15, 0.2) is 0 Å². The fraction of sp³-hybridized carbons (Fsp3) is 0.333. The smallest absolute Gasteiger partial charge is 0.146 e. The van der Waals surface area contributed by atoms with Gasteiger partial charge in [-0.15, -0.1) is 0 Å². The molecule has 0 spiro atoms. The lowest BCUT2D eigenvalue weighted by Crippen LogP contribution is -2.08. The third-order valence-electron chi connectivity index (χ3n) is 3.42. The molecule has 0 aliphatic heterocycles. The minimum atomic E-state index is -0.289. The van der Waals surface area contributed by atoms with Crippen LogP contribution in [0.4, 0.5) is 10.1 Å². The Balaban J connectivity index is 2.09. The van der Waals surface area contributed by atoms with Crippen LogP contribution in [0, 0.1) is 11.7 Å². The summed E-state index contributed by atoms with van der Waals surface area (Å²) in [6.45, 7) is 6.43. The molecule has 1 N–H and O–H groups in total. The molecule has 1 nitrogen and oxygen atoms in total. The van der Waals surface area contributed by atoms with Crippen LogP contribution >= 0.6 is 11.6 Å². The van der Waals surface area contributed by atoms with E-state index in [1.54, 1.807) is 12.1 Å². The van der Waals surface area contributed by atoms with Gasteiger partial charge in [-0.05, 0) is 48.6 Å². The van der Waals surface area contributed by atoms with Gasteiger partial charge in [-0.3, -0.25) is 0 Å². The summed E-state index contributed by atoms with van der Waals surface area (Å²) in [6.07, 6.45) is 1.07. The number of anilines is 1. The molecule has 0 saturated carbocycles. The van der Waals surface area contributed by atoms with Crippen LogP contribution in [-0.4, -0.2) is 0 Å². The Labute approximate surface area is 131 Å². The van der Waals surface area contributed by atoms with Crippen molar-refractivity contribution in [2.24, 2.45) is 5.92 Å². The SMILES string of the molecule is CC(C)Cc1ccc(C(C)Nc2cc(Cl)ccc2F)cc1. The molecule has 21 heavy (non-hydrogen) atoms. The number of rotatable bonds is 5. The molecule has 1 unspecified atom stereocenters. The molecule has 2 aromatic rings. The van der Waals surface area contributed by atoms with Gasteiger partial charge in [-0.25, -0.2) is 4.39 Å². The fourth-order valence-corrected chi connectivity index (χ4v) is 2.51. The molecule has 0 amide bonds. The second kappa shape index (κ2) is 6.95. The maximum atomic E-state index is 13.7. The standard InChI is InChI=1S/C18H21ClFN/c1-12(2)10-14-4-6-15(7-5-14)13(3)21-18-11-16(19)8-9-17(18)20/h4-9,11-13,21H,10H2,1-3H3. The van der Waals surface area contributed by atoms with Gasteiger partial charge in [0, 0.05) is 11.1 Å². The lowest BCUT2D eigenvalue weighted by atomic mass is 10.00. The number of halogens is 2. The topological polar surface area (TPSA) is 12.0 Å². The molecule has 2 aromatic carbocycles. The Morgan fingerprint density at radius 3 is 2.33 bits per heavy atom. The summed E-state index contributed by atoms with van der Waals surface area (Å²) in [5, 5.41) is 3.69. The predicted molar refractivity (Wildman–Crippen MR) is 88.4 cm³/mol. The molecule has 0 radical (unpaired) electrons. The zero-order valence-corrected chi connectivity index (χ0v) is 13.4. The van der Waals surface area contributed by atoms with Crippen LogP contribution in [0.1, 0.15) is 37.9 Å². The van der Waals surface area contributed by atoms with E-state index >= 15 is 0 Å². The van der Waals surface area contributed by atoms with E-state index in [0.717, 1.165) is 12.0 Å². The summed E-state index contributed by atoms with van der Waals surface area (Å²) in [6, 6.07) is 13.0. The summed E-state index contributed by atoms with van der Waals surface area (Å²) >= 11 is 5.91. The molecule has 1 atom stereocenters. The van der Waals surface area contributed by atoms with Gasteiger partial charge in [-0.1, -0.05) is 49.7 Å². The van der Waals surface area contributed by atoms with E-state index in [2.05, 4.69) is 43.4 Å². The highest BCUT2D eigenvalue weighted by molar-refractivity contribution is 6.30. The van der Waals surface area contributed by atoms with Crippen molar-refractivity contribution >= 4 is 17.3 Å². The van der Waals surface area contributed by atoms with Crippen LogP contribution in [0.15, 0.2) is 42.5 Å². The minimum absolute atomic E-state index is 0.0195. The molecule has 0 saturated heterocycles. The van der Waals surface area contributed by atoms with E-state index in [-0.39, 0.29) is 11.9 Å². The average molecular weight is 306 g/mol. The zero-order chi connectivity index (χ0) is 15.4. The summed E-state index contributed by atoms with van der Waals surface area (Å²) < 4.78 is 13.7. The highest BCUT2D eigenvalue weighted by atomic mass is 35.5. The average Bonchev–Trinajstić information content (AvgIpc) is 2.43. The third-order valence-corrected chi connectivity index (χ3v) is 3.66. The second-order valence-corrected chi connectivity index (χ2v) is 6.27. The highest BCUT2D eigenvalue weighted by Crippen LogP contribution is 2.25. The van der Waals surface area contributed by atoms with Gasteiger partial charge in [0.25, 0.3) is 0 Å². The van der Waals surface area contributed by atoms with Gasteiger partial charge < -0.3 is 5.32 Å². The number of nitrogens with one attached hydrogen (secondary N) is 1. The first-order valence-electron chi connectivity index (χ1n) is 7.26. The minimum Gasteiger partial charge on any atom is -0.376 e. The monoisotopic (exact) mass is 305 g/mol. The fourth-order valence-electron chi connectivity index (χ4n) is 2.34. The molecule has 0 aliphatic rings. The largest absolute Gasteiger partial charge is 0.376 e. The summed E-state index contributed by atoms with van der Waals surface area (Å²) in [5.74, 6) is 0.356. The van der Waals surface area contributed by atoms with Crippen molar-refractivity contribution in [3.63, 3.8) is 0 Å². The predicted octanol–water partition coefficient (Wildman–Crippen LogP) is 5.85. The summed E-state index contributed by atoms with van der Waals surface area (Å²) in [5.41, 5.74) is 2.89. The van der Waals surface area contributed by atoms with Gasteiger partial charge in [-0.2, -0.15) is 0 Å². The number of hydrogen-bond donors (Lipinski definition) is 1. The first-order chi connectivity index (χ1) is 9.95. The Hall–Kier alpha value is -1.54. The molecule has 0 aliphatic carbocycles. The van der Waals surface area contributed by atoms with Crippen molar-refractivity contribution in [3.05, 3.63) is 64.4 Å². The van der Waals surface area contributed by atoms with Gasteiger partial charge in [0.1, 0.15) is 5.82 Å². The van der Waals surface area contributed by atoms with Crippen molar-refractivity contribution in [2.75, 3.05) is 5.32 Å². The maximum Gasteiger partial charge on any atom is 0.146 e. The first kappa shape index (κ1) is 15.8. The van der Waals surface area contributed by atoms with Gasteiger partial charge >= 0.3 is 0 Å². The van der Waals surface area contributed by atoms with E-state index in [1.165, 1.54) is 11.6 Å². The molecule has 3 heteroatoms. The van der Waals surface area contributed by atoms with Crippen LogP contribution in [0.2, 0.25) is 5.02 Å². The molecule has 112 valence electrons. The Morgan fingerprint density at radius 1 is 1.05 bits per heavy atom. The second-order valence-electron chi connectivity index (χ2n) is 5.83.